The average Bonchev–Trinajstić information content (AvgIpc) is 4.08. The zero-order valence-electron chi connectivity index (χ0n) is 45.4. The lowest BCUT2D eigenvalue weighted by atomic mass is 9.34. The minimum absolute atomic E-state index is 0.00461. The Morgan fingerprint density at radius 3 is 1.46 bits per heavy atom. The Morgan fingerprint density at radius 1 is 0.462 bits per heavy atom. The maximum Gasteiger partial charge on any atom is 0.249 e. The topological polar surface area (TPSA) is 13.1 Å². The van der Waals surface area contributed by atoms with Crippen molar-refractivity contribution in [3.63, 3.8) is 0 Å². The molecule has 2 aromatic heterocycles. The van der Waals surface area contributed by atoms with E-state index in [0.29, 0.717) is 0 Å². The third-order valence-corrected chi connectivity index (χ3v) is 18.5. The summed E-state index contributed by atoms with van der Waals surface area (Å²) in [6.07, 6.45) is 7.21. The van der Waals surface area contributed by atoms with Gasteiger partial charge in [0.25, 0.3) is 0 Å². The van der Waals surface area contributed by atoms with Gasteiger partial charge in [-0.1, -0.05) is 223 Å². The Morgan fingerprint density at radius 2 is 0.949 bits per heavy atom. The second-order valence-electron chi connectivity index (χ2n) is 22.9. The van der Waals surface area contributed by atoms with Crippen LogP contribution in [-0.4, -0.2) is 15.8 Å². The van der Waals surface area contributed by atoms with Crippen molar-refractivity contribution < 1.29 is 0 Å². The Hall–Kier alpha value is -7.99. The van der Waals surface area contributed by atoms with E-state index in [9.17, 15) is 0 Å². The maximum absolute atomic E-state index is 2.73. The molecule has 0 saturated heterocycles. The molecule has 0 saturated carbocycles. The molecule has 4 heterocycles. The summed E-state index contributed by atoms with van der Waals surface area (Å²) in [5.41, 5.74) is 22.5. The van der Waals surface area contributed by atoms with E-state index in [1.165, 1.54) is 152 Å². The van der Waals surface area contributed by atoms with E-state index >= 15 is 0 Å². The molecule has 0 spiro atoms. The van der Waals surface area contributed by atoms with E-state index < -0.39 is 0 Å². The van der Waals surface area contributed by atoms with Crippen LogP contribution in [0.5, 0.6) is 0 Å². The summed E-state index contributed by atoms with van der Waals surface area (Å²) >= 11 is 1.98. The third-order valence-electron chi connectivity index (χ3n) is 17.3. The van der Waals surface area contributed by atoms with E-state index in [4.69, 9.17) is 0 Å². The molecule has 380 valence electrons. The number of aromatic nitrogens is 2. The van der Waals surface area contributed by atoms with Crippen molar-refractivity contribution in [1.29, 1.82) is 0 Å². The van der Waals surface area contributed by atoms with Gasteiger partial charge < -0.3 is 14.0 Å². The molecule has 14 rings (SSSR count). The summed E-state index contributed by atoms with van der Waals surface area (Å²) in [5.74, 6) is 0.783. The number of hydrogen-bond donors (Lipinski definition) is 0. The zero-order valence-corrected chi connectivity index (χ0v) is 46.2. The lowest BCUT2D eigenvalue weighted by Crippen LogP contribution is -2.60. The molecule has 0 unspecified atom stereocenters. The Kier molecular flexibility index (Phi) is 12.1. The van der Waals surface area contributed by atoms with Crippen molar-refractivity contribution in [2.24, 2.45) is 5.92 Å². The van der Waals surface area contributed by atoms with Crippen molar-refractivity contribution >= 4 is 95.5 Å². The number of nitrogens with zero attached hydrogens (tertiary/aromatic N) is 3. The molecule has 12 aromatic rings. The summed E-state index contributed by atoms with van der Waals surface area (Å²) in [5, 5.41) is 5.09. The number of para-hydroxylation sites is 4. The first kappa shape index (κ1) is 48.4. The molecule has 2 aliphatic rings. The van der Waals surface area contributed by atoms with Crippen molar-refractivity contribution in [3.05, 3.63) is 230 Å². The van der Waals surface area contributed by atoms with Gasteiger partial charge in [-0.2, -0.15) is 0 Å². The summed E-state index contributed by atoms with van der Waals surface area (Å²) in [6.45, 7) is 11.8. The van der Waals surface area contributed by atoms with Gasteiger partial charge in [0.2, 0.25) is 6.71 Å². The number of benzene rings is 10. The first-order valence-electron chi connectivity index (χ1n) is 28.4. The molecular weight excluding hydrogens is 962 g/mol. The van der Waals surface area contributed by atoms with Crippen LogP contribution in [0.3, 0.4) is 0 Å². The number of unbranched alkanes of at least 4 members (excludes halogenated alkanes) is 1. The minimum atomic E-state index is -0.105. The first-order chi connectivity index (χ1) is 38.2. The van der Waals surface area contributed by atoms with E-state index in [1.807, 2.05) is 11.8 Å². The van der Waals surface area contributed by atoms with Crippen LogP contribution in [0.2, 0.25) is 0 Å². The van der Waals surface area contributed by atoms with Crippen LogP contribution in [0.4, 0.5) is 17.1 Å². The standard InChI is InChI=1S/C73H64BN3S/c1-6-48(7-2)24-14-15-25-49-42-68-71-70(43-49)78-69-47-54(76-65-36-22-18-32-57(65)58-33-19-23-37-66(58)76)39-41-62(69)74(71)61-40-38-53(75-63-34-20-16-30-55(63)56-31-17-21-35-64(56)75)46-67(61)77(68)72-59(50-26-10-8-11-27-50)44-52(73(3,4)5)45-60(72)51-28-12-9-13-29-51/h8-13,16-23,26-48H,6-7,14-15,24-25H2,1-5H3. The summed E-state index contributed by atoms with van der Waals surface area (Å²) < 4.78 is 4.98. The predicted octanol–water partition coefficient (Wildman–Crippen LogP) is 18.4. The molecular formula is C73H64BN3S. The average molecular weight is 1030 g/mol. The van der Waals surface area contributed by atoms with Gasteiger partial charge in [-0.25, -0.2) is 0 Å². The largest absolute Gasteiger partial charge is 0.310 e. The smallest absolute Gasteiger partial charge is 0.249 e. The fraction of sp³-hybridized carbons (Fsp3) is 0.178. The molecule has 0 radical (unpaired) electrons. The second kappa shape index (κ2) is 19.5. The molecule has 0 bridgehead atoms. The van der Waals surface area contributed by atoms with Gasteiger partial charge in [0.05, 0.1) is 27.8 Å². The van der Waals surface area contributed by atoms with Gasteiger partial charge in [0, 0.05) is 65.2 Å². The van der Waals surface area contributed by atoms with Crippen molar-refractivity contribution in [3.8, 4) is 33.6 Å². The number of hydrogen-bond acceptors (Lipinski definition) is 2. The fourth-order valence-electron chi connectivity index (χ4n) is 13.3. The van der Waals surface area contributed by atoms with Crippen LogP contribution in [-0.2, 0) is 11.8 Å². The van der Waals surface area contributed by atoms with Crippen LogP contribution in [0.25, 0.3) is 77.2 Å². The lowest BCUT2D eigenvalue weighted by molar-refractivity contribution is 0.434. The summed E-state index contributed by atoms with van der Waals surface area (Å²) in [6, 6.07) is 83.0. The molecule has 2 aliphatic heterocycles. The molecule has 5 heteroatoms. The van der Waals surface area contributed by atoms with Gasteiger partial charge in [0.15, 0.2) is 0 Å². The Labute approximate surface area is 464 Å². The number of rotatable bonds is 12. The Bertz CT molecular complexity index is 4100. The fourth-order valence-corrected chi connectivity index (χ4v) is 14.5. The molecule has 0 N–H and O–H groups in total. The van der Waals surface area contributed by atoms with Crippen LogP contribution in [0.1, 0.15) is 77.8 Å². The molecule has 3 nitrogen and oxygen atoms in total. The van der Waals surface area contributed by atoms with E-state index in [1.54, 1.807) is 0 Å². The maximum atomic E-state index is 2.73. The molecule has 0 fully saturated rings. The van der Waals surface area contributed by atoms with E-state index in [-0.39, 0.29) is 12.1 Å². The number of aryl methyl sites for hydroxylation is 1. The normalized spacial score (nSPS) is 13.0. The first-order valence-corrected chi connectivity index (χ1v) is 29.3. The van der Waals surface area contributed by atoms with Gasteiger partial charge in [0.1, 0.15) is 0 Å². The van der Waals surface area contributed by atoms with Crippen molar-refractivity contribution in [1.82, 2.24) is 9.13 Å². The molecule has 10 aromatic carbocycles. The van der Waals surface area contributed by atoms with Crippen molar-refractivity contribution in [2.45, 2.75) is 88.3 Å². The molecule has 0 atom stereocenters. The summed E-state index contributed by atoms with van der Waals surface area (Å²) in [4.78, 5) is 5.40. The van der Waals surface area contributed by atoms with Gasteiger partial charge in [-0.05, 0) is 130 Å². The van der Waals surface area contributed by atoms with Gasteiger partial charge in [-0.3, -0.25) is 0 Å². The molecule has 0 amide bonds. The zero-order chi connectivity index (χ0) is 52.6. The van der Waals surface area contributed by atoms with Crippen LogP contribution in [0, 0.1) is 5.92 Å². The predicted molar refractivity (Wildman–Crippen MR) is 336 cm³/mol. The Balaban J connectivity index is 1.07. The number of fused-ring (bicyclic) bond motifs is 10. The second-order valence-corrected chi connectivity index (χ2v) is 24.0. The van der Waals surface area contributed by atoms with Gasteiger partial charge >= 0.3 is 0 Å². The van der Waals surface area contributed by atoms with Crippen LogP contribution in [0.15, 0.2) is 228 Å². The van der Waals surface area contributed by atoms with Crippen LogP contribution >= 0.6 is 11.8 Å². The van der Waals surface area contributed by atoms with Gasteiger partial charge in [-0.15, -0.1) is 0 Å². The van der Waals surface area contributed by atoms with E-state index in [0.717, 1.165) is 24.4 Å². The molecule has 0 aliphatic carbocycles. The molecule has 78 heavy (non-hydrogen) atoms. The highest BCUT2D eigenvalue weighted by atomic mass is 32.2. The highest BCUT2D eigenvalue weighted by molar-refractivity contribution is 8.00. The lowest BCUT2D eigenvalue weighted by Gasteiger charge is -2.42. The highest BCUT2D eigenvalue weighted by Gasteiger charge is 2.43. The SMILES string of the molecule is CCC(CC)CCCCc1cc2c3c(c1)N(c1c(-c4ccccc4)cc(C(C)(C)C)cc1-c1ccccc1)c1cc(-n4c5ccccc5c5ccccc54)ccc1B3c1ccc(-n3c4ccccc4c4ccccc43)cc1S2. The van der Waals surface area contributed by atoms with E-state index in [2.05, 4.69) is 267 Å². The number of anilines is 3. The minimum Gasteiger partial charge on any atom is -0.310 e. The van der Waals surface area contributed by atoms with Crippen LogP contribution < -0.4 is 21.3 Å². The third kappa shape index (κ3) is 8.03. The monoisotopic (exact) mass is 1030 g/mol. The quantitative estimate of drug-likeness (QED) is 0.0894. The highest BCUT2D eigenvalue weighted by Crippen LogP contribution is 2.51. The van der Waals surface area contributed by atoms with Crippen molar-refractivity contribution in [2.75, 3.05) is 4.90 Å². The summed E-state index contributed by atoms with van der Waals surface area (Å²) in [7, 11) is 0.